The average Bonchev–Trinajstić information content (AvgIpc) is 3.11. The first-order chi connectivity index (χ1) is 14.9. The molecule has 0 unspecified atom stereocenters. The maximum absolute atomic E-state index is 13.5. The van der Waals surface area contributed by atoms with Crippen LogP contribution in [0.3, 0.4) is 0 Å². The zero-order valence-electron chi connectivity index (χ0n) is 15.7. The van der Waals surface area contributed by atoms with Gasteiger partial charge >= 0.3 is 5.69 Å². The highest BCUT2D eigenvalue weighted by molar-refractivity contribution is 7.98. The Labute approximate surface area is 189 Å². The Kier molecular flexibility index (Phi) is 6.26. The van der Waals surface area contributed by atoms with E-state index >= 15 is 0 Å². The Balaban J connectivity index is 1.69. The number of benzene rings is 2. The van der Waals surface area contributed by atoms with E-state index in [0.29, 0.717) is 38.2 Å². The third-order valence-corrected chi connectivity index (χ3v) is 6.04. The molecule has 0 saturated heterocycles. The van der Waals surface area contributed by atoms with E-state index in [1.807, 2.05) is 6.07 Å². The lowest BCUT2D eigenvalue weighted by molar-refractivity contribution is 0.627. The van der Waals surface area contributed by atoms with E-state index in [-0.39, 0.29) is 12.2 Å². The smallest absolute Gasteiger partial charge is 0.311 e. The van der Waals surface area contributed by atoms with Gasteiger partial charge in [0.25, 0.3) is 5.56 Å². The van der Waals surface area contributed by atoms with Gasteiger partial charge in [-0.1, -0.05) is 41.0 Å². The molecule has 2 heterocycles. The van der Waals surface area contributed by atoms with E-state index in [9.17, 15) is 14.0 Å². The van der Waals surface area contributed by atoms with Crippen LogP contribution in [0.25, 0.3) is 5.69 Å². The molecule has 0 fully saturated rings. The Hall–Kier alpha value is -2.88. The molecule has 31 heavy (non-hydrogen) atoms. The van der Waals surface area contributed by atoms with Crippen molar-refractivity contribution in [3.8, 4) is 5.69 Å². The molecule has 0 bridgehead atoms. The van der Waals surface area contributed by atoms with Crippen molar-refractivity contribution in [2.45, 2.75) is 17.3 Å². The van der Waals surface area contributed by atoms with E-state index in [2.05, 4.69) is 20.2 Å². The summed E-state index contributed by atoms with van der Waals surface area (Å²) in [4.78, 5) is 27.9. The van der Waals surface area contributed by atoms with E-state index in [0.717, 1.165) is 5.56 Å². The first-order valence-corrected chi connectivity index (χ1v) is 10.7. The predicted octanol–water partition coefficient (Wildman–Crippen LogP) is 3.97. The van der Waals surface area contributed by atoms with Crippen LogP contribution in [0.4, 0.5) is 4.39 Å². The number of halogens is 3. The van der Waals surface area contributed by atoms with Crippen molar-refractivity contribution in [3.63, 3.8) is 0 Å². The molecule has 4 rings (SSSR count). The van der Waals surface area contributed by atoms with Crippen LogP contribution in [0.1, 0.15) is 17.1 Å². The fraction of sp³-hybridized carbons (Fsp3) is 0.100. The van der Waals surface area contributed by atoms with Crippen molar-refractivity contribution >= 4 is 35.0 Å². The van der Waals surface area contributed by atoms with Gasteiger partial charge in [0, 0.05) is 29.6 Å². The van der Waals surface area contributed by atoms with Crippen molar-refractivity contribution in [1.29, 1.82) is 0 Å². The quantitative estimate of drug-likeness (QED) is 0.409. The van der Waals surface area contributed by atoms with Gasteiger partial charge in [-0.05, 0) is 42.0 Å². The van der Waals surface area contributed by atoms with Crippen LogP contribution >= 0.6 is 35.0 Å². The minimum Gasteiger partial charge on any atom is -0.311 e. The van der Waals surface area contributed by atoms with Crippen LogP contribution in [0, 0.1) is 5.82 Å². The molecule has 0 aliphatic heterocycles. The summed E-state index contributed by atoms with van der Waals surface area (Å²) in [6, 6.07) is 12.5. The number of H-pyrrole nitrogens is 2. The molecule has 4 aromatic rings. The van der Waals surface area contributed by atoms with Gasteiger partial charge in [0.15, 0.2) is 5.16 Å². The molecule has 0 saturated carbocycles. The lowest BCUT2D eigenvalue weighted by Crippen LogP contribution is -2.23. The van der Waals surface area contributed by atoms with E-state index in [1.54, 1.807) is 28.8 Å². The molecule has 0 amide bonds. The lowest BCUT2D eigenvalue weighted by Gasteiger charge is -2.10. The van der Waals surface area contributed by atoms with Crippen molar-refractivity contribution < 1.29 is 4.39 Å². The SMILES string of the molecule is O=c1cc(Cc2nnc(SCc3ccc(Cl)c(Cl)c3)n2-c2ccc(F)cc2)[nH]c(=O)[nH]1. The second-order valence-corrected chi connectivity index (χ2v) is 8.29. The third kappa shape index (κ3) is 5.07. The number of rotatable bonds is 6. The molecule has 2 N–H and O–H groups in total. The number of nitrogens with zero attached hydrogens (tertiary/aromatic N) is 3. The number of aromatic amines is 2. The molecule has 0 radical (unpaired) electrons. The monoisotopic (exact) mass is 477 g/mol. The van der Waals surface area contributed by atoms with Crippen LogP contribution in [-0.2, 0) is 12.2 Å². The van der Waals surface area contributed by atoms with Gasteiger partial charge in [-0.3, -0.25) is 14.3 Å². The van der Waals surface area contributed by atoms with Crippen LogP contribution in [-0.4, -0.2) is 24.7 Å². The Morgan fingerprint density at radius 3 is 2.45 bits per heavy atom. The van der Waals surface area contributed by atoms with Crippen molar-refractivity contribution in [3.05, 3.63) is 102 Å². The summed E-state index contributed by atoms with van der Waals surface area (Å²) in [6.45, 7) is 0. The van der Waals surface area contributed by atoms with Gasteiger partial charge in [0.2, 0.25) is 0 Å². The largest absolute Gasteiger partial charge is 0.325 e. The molecular formula is C20H14Cl2FN5O2S. The highest BCUT2D eigenvalue weighted by Crippen LogP contribution is 2.29. The van der Waals surface area contributed by atoms with Gasteiger partial charge in [0.05, 0.1) is 10.0 Å². The highest BCUT2D eigenvalue weighted by atomic mass is 35.5. The van der Waals surface area contributed by atoms with Crippen molar-refractivity contribution in [2.24, 2.45) is 0 Å². The molecule has 0 spiro atoms. The van der Waals surface area contributed by atoms with Crippen LogP contribution < -0.4 is 11.2 Å². The van der Waals surface area contributed by atoms with Gasteiger partial charge in [0.1, 0.15) is 11.6 Å². The average molecular weight is 478 g/mol. The Morgan fingerprint density at radius 2 is 1.74 bits per heavy atom. The van der Waals surface area contributed by atoms with E-state index < -0.39 is 11.2 Å². The maximum atomic E-state index is 13.5. The number of hydrogen-bond acceptors (Lipinski definition) is 5. The minimum atomic E-state index is -0.607. The molecule has 0 aliphatic carbocycles. The summed E-state index contributed by atoms with van der Waals surface area (Å²) in [5.74, 6) is 0.643. The van der Waals surface area contributed by atoms with E-state index in [4.69, 9.17) is 23.2 Å². The van der Waals surface area contributed by atoms with Crippen LogP contribution in [0.5, 0.6) is 0 Å². The maximum Gasteiger partial charge on any atom is 0.325 e. The second kappa shape index (κ2) is 9.09. The zero-order valence-corrected chi connectivity index (χ0v) is 18.1. The van der Waals surface area contributed by atoms with Gasteiger partial charge < -0.3 is 4.98 Å². The third-order valence-electron chi connectivity index (χ3n) is 4.30. The topological polar surface area (TPSA) is 96.4 Å². The molecule has 2 aromatic carbocycles. The van der Waals surface area contributed by atoms with Gasteiger partial charge in [-0.2, -0.15) is 0 Å². The van der Waals surface area contributed by atoms with Crippen molar-refractivity contribution in [1.82, 2.24) is 24.7 Å². The summed E-state index contributed by atoms with van der Waals surface area (Å²) in [6.07, 6.45) is 0.150. The molecule has 7 nitrogen and oxygen atoms in total. The standard InChI is InChI=1S/C20H14Cl2FN5O2S/c21-15-6-1-11(7-16(15)22)10-31-20-27-26-17(8-13-9-18(29)25-19(30)24-13)28(20)14-4-2-12(23)3-5-14/h1-7,9H,8,10H2,(H2,24,25,29,30). The predicted molar refractivity (Wildman–Crippen MR) is 118 cm³/mol. The number of nitrogens with one attached hydrogen (secondary N) is 2. The Bertz CT molecular complexity index is 1320. The second-order valence-electron chi connectivity index (χ2n) is 6.54. The van der Waals surface area contributed by atoms with Crippen LogP contribution in [0.15, 0.2) is 63.3 Å². The molecule has 11 heteroatoms. The van der Waals surface area contributed by atoms with Crippen LogP contribution in [0.2, 0.25) is 10.0 Å². The summed E-state index contributed by atoms with van der Waals surface area (Å²) in [5, 5.41) is 9.97. The number of aromatic nitrogens is 5. The highest BCUT2D eigenvalue weighted by Gasteiger charge is 2.16. The number of thioether (sulfide) groups is 1. The van der Waals surface area contributed by atoms with Gasteiger partial charge in [-0.15, -0.1) is 10.2 Å². The van der Waals surface area contributed by atoms with E-state index in [1.165, 1.54) is 30.0 Å². The van der Waals surface area contributed by atoms with Gasteiger partial charge in [-0.25, -0.2) is 9.18 Å². The normalized spacial score (nSPS) is 11.1. The summed E-state index contributed by atoms with van der Waals surface area (Å²) in [5.41, 5.74) is 0.842. The fourth-order valence-electron chi connectivity index (χ4n) is 2.92. The zero-order chi connectivity index (χ0) is 22.0. The summed E-state index contributed by atoms with van der Waals surface area (Å²) in [7, 11) is 0. The lowest BCUT2D eigenvalue weighted by atomic mass is 10.2. The first-order valence-electron chi connectivity index (χ1n) is 8.98. The molecule has 2 aromatic heterocycles. The minimum absolute atomic E-state index is 0.150. The summed E-state index contributed by atoms with van der Waals surface area (Å²) >= 11 is 13.5. The van der Waals surface area contributed by atoms with Crippen molar-refractivity contribution in [2.75, 3.05) is 0 Å². The summed E-state index contributed by atoms with van der Waals surface area (Å²) < 4.78 is 15.2. The molecule has 0 aliphatic rings. The Morgan fingerprint density at radius 1 is 0.968 bits per heavy atom. The fourth-order valence-corrected chi connectivity index (χ4v) is 4.15. The molecule has 0 atom stereocenters. The molecule has 158 valence electrons. The first kappa shape index (κ1) is 21.4. The number of hydrogen-bond donors (Lipinski definition) is 2. The molecular weight excluding hydrogens is 464 g/mol.